The molecule has 4 heteroatoms. The van der Waals surface area contributed by atoms with Gasteiger partial charge in [-0.15, -0.1) is 0 Å². The zero-order chi connectivity index (χ0) is 16.9. The van der Waals surface area contributed by atoms with Crippen LogP contribution in [0.5, 0.6) is 0 Å². The van der Waals surface area contributed by atoms with Crippen LogP contribution in [0.1, 0.15) is 31.4 Å². The Morgan fingerprint density at radius 1 is 0.870 bits per heavy atom. The highest BCUT2D eigenvalue weighted by molar-refractivity contribution is 5.77. The van der Waals surface area contributed by atoms with Crippen LogP contribution in [0.3, 0.4) is 0 Å². The Balaban J connectivity index is 1.95. The van der Waals surface area contributed by atoms with Crippen molar-refractivity contribution in [1.29, 1.82) is 0 Å². The van der Waals surface area contributed by atoms with Gasteiger partial charge in [0.25, 0.3) is 0 Å². The summed E-state index contributed by atoms with van der Waals surface area (Å²) in [5.74, 6) is -0.310. The molecule has 0 spiro atoms. The van der Waals surface area contributed by atoms with E-state index < -0.39 is 11.2 Å². The highest BCUT2D eigenvalue weighted by atomic mass is 16.3. The molecule has 0 bridgehead atoms. The van der Waals surface area contributed by atoms with Crippen LogP contribution in [0.25, 0.3) is 0 Å². The molecule has 2 aromatic rings. The van der Waals surface area contributed by atoms with Crippen molar-refractivity contribution in [1.82, 2.24) is 5.32 Å². The Labute approximate surface area is 136 Å². The lowest BCUT2D eigenvalue weighted by molar-refractivity contribution is -0.127. The Kier molecular flexibility index (Phi) is 5.19. The van der Waals surface area contributed by atoms with Crippen LogP contribution in [0.2, 0.25) is 0 Å². The van der Waals surface area contributed by atoms with E-state index in [0.29, 0.717) is 5.56 Å². The quantitative estimate of drug-likeness (QED) is 0.766. The highest BCUT2D eigenvalue weighted by Gasteiger charge is 2.28. The summed E-state index contributed by atoms with van der Waals surface area (Å²) in [5.41, 5.74) is -0.987. The molecule has 0 saturated carbocycles. The van der Waals surface area contributed by atoms with Crippen LogP contribution in [0, 0.1) is 0 Å². The van der Waals surface area contributed by atoms with Crippen LogP contribution in [0.15, 0.2) is 60.7 Å². The molecule has 23 heavy (non-hydrogen) atoms. The number of benzene rings is 2. The summed E-state index contributed by atoms with van der Waals surface area (Å²) in [6.45, 7) is 3.34. The minimum absolute atomic E-state index is 0.0676. The lowest BCUT2D eigenvalue weighted by Crippen LogP contribution is -2.41. The average molecular weight is 313 g/mol. The second-order valence-corrected chi connectivity index (χ2v) is 6.23. The van der Waals surface area contributed by atoms with E-state index >= 15 is 0 Å². The fraction of sp³-hybridized carbons (Fsp3) is 0.316. The average Bonchev–Trinajstić information content (AvgIpc) is 2.54. The lowest BCUT2D eigenvalue weighted by Gasteiger charge is -2.27. The minimum atomic E-state index is -1.25. The number of amides is 1. The van der Waals surface area contributed by atoms with Gasteiger partial charge in [0, 0.05) is 0 Å². The second-order valence-electron chi connectivity index (χ2n) is 6.23. The number of carbonyl (C=O) groups excluding carboxylic acids is 1. The van der Waals surface area contributed by atoms with Gasteiger partial charge in [0.05, 0.1) is 18.6 Å². The molecule has 0 heterocycles. The molecule has 4 nitrogen and oxygen atoms in total. The van der Waals surface area contributed by atoms with Crippen molar-refractivity contribution in [2.24, 2.45) is 0 Å². The van der Waals surface area contributed by atoms with E-state index in [2.05, 4.69) is 5.32 Å². The molecule has 0 fully saturated rings. The fourth-order valence-corrected chi connectivity index (χ4v) is 2.44. The molecule has 0 radical (unpaired) electrons. The van der Waals surface area contributed by atoms with Crippen molar-refractivity contribution >= 4 is 5.91 Å². The molecule has 2 aromatic carbocycles. The molecule has 3 N–H and O–H groups in total. The van der Waals surface area contributed by atoms with E-state index in [1.807, 2.05) is 48.5 Å². The van der Waals surface area contributed by atoms with Gasteiger partial charge in [-0.25, -0.2) is 0 Å². The van der Waals surface area contributed by atoms with Crippen LogP contribution in [-0.4, -0.2) is 22.7 Å². The molecule has 0 aliphatic rings. The van der Waals surface area contributed by atoms with Crippen molar-refractivity contribution in [3.05, 3.63) is 71.8 Å². The third-order valence-electron chi connectivity index (χ3n) is 3.93. The molecular weight excluding hydrogens is 290 g/mol. The van der Waals surface area contributed by atoms with E-state index in [1.54, 1.807) is 26.0 Å². The zero-order valence-corrected chi connectivity index (χ0v) is 13.5. The molecule has 2 unspecified atom stereocenters. The maximum atomic E-state index is 12.1. The number of carbonyl (C=O) groups is 1. The summed E-state index contributed by atoms with van der Waals surface area (Å²) < 4.78 is 0. The highest BCUT2D eigenvalue weighted by Crippen LogP contribution is 2.24. The topological polar surface area (TPSA) is 69.6 Å². The number of aliphatic hydroxyl groups is 2. The van der Waals surface area contributed by atoms with Gasteiger partial charge in [-0.2, -0.15) is 0 Å². The Hall–Kier alpha value is -2.17. The Bertz CT molecular complexity index is 636. The smallest absolute Gasteiger partial charge is 0.223 e. The lowest BCUT2D eigenvalue weighted by atomic mass is 9.92. The van der Waals surface area contributed by atoms with Gasteiger partial charge in [0.15, 0.2) is 0 Å². The molecule has 122 valence electrons. The molecule has 2 atom stereocenters. The van der Waals surface area contributed by atoms with Crippen LogP contribution < -0.4 is 5.32 Å². The van der Waals surface area contributed by atoms with Crippen molar-refractivity contribution < 1.29 is 15.0 Å². The third kappa shape index (κ3) is 4.65. The summed E-state index contributed by atoms with van der Waals surface area (Å²) in [7, 11) is 0. The van der Waals surface area contributed by atoms with Crippen LogP contribution in [0.4, 0.5) is 0 Å². The number of rotatable bonds is 6. The SMILES string of the molecule is CC(O)(CNC(=O)CC(C)(O)c1ccccc1)c1ccccc1. The first-order chi connectivity index (χ1) is 10.8. The van der Waals surface area contributed by atoms with Crippen LogP contribution in [-0.2, 0) is 16.0 Å². The Morgan fingerprint density at radius 3 is 1.78 bits per heavy atom. The van der Waals surface area contributed by atoms with Gasteiger partial charge in [-0.05, 0) is 25.0 Å². The number of hydrogen-bond donors (Lipinski definition) is 3. The van der Waals surface area contributed by atoms with E-state index in [4.69, 9.17) is 0 Å². The van der Waals surface area contributed by atoms with Gasteiger partial charge in [-0.1, -0.05) is 60.7 Å². The summed E-state index contributed by atoms with van der Waals surface area (Å²) in [6, 6.07) is 18.2. The fourth-order valence-electron chi connectivity index (χ4n) is 2.44. The number of hydrogen-bond acceptors (Lipinski definition) is 3. The summed E-state index contributed by atoms with van der Waals surface area (Å²) in [5, 5.41) is 23.7. The van der Waals surface area contributed by atoms with Gasteiger partial charge < -0.3 is 15.5 Å². The van der Waals surface area contributed by atoms with Crippen molar-refractivity contribution in [2.45, 2.75) is 31.5 Å². The number of nitrogens with one attached hydrogen (secondary N) is 1. The largest absolute Gasteiger partial charge is 0.385 e. The van der Waals surface area contributed by atoms with Gasteiger partial charge >= 0.3 is 0 Å². The van der Waals surface area contributed by atoms with E-state index in [0.717, 1.165) is 5.56 Å². The first-order valence-corrected chi connectivity index (χ1v) is 7.64. The molecular formula is C19H23NO3. The summed E-state index contributed by atoms with van der Waals surface area (Å²) in [4.78, 5) is 12.1. The van der Waals surface area contributed by atoms with E-state index in [-0.39, 0.29) is 18.9 Å². The first-order valence-electron chi connectivity index (χ1n) is 7.64. The monoisotopic (exact) mass is 313 g/mol. The predicted molar refractivity (Wildman–Crippen MR) is 89.7 cm³/mol. The normalized spacial score (nSPS) is 16.2. The van der Waals surface area contributed by atoms with Gasteiger partial charge in [0.2, 0.25) is 5.91 Å². The van der Waals surface area contributed by atoms with Gasteiger partial charge in [-0.3, -0.25) is 4.79 Å². The summed E-state index contributed by atoms with van der Waals surface area (Å²) >= 11 is 0. The van der Waals surface area contributed by atoms with Crippen molar-refractivity contribution in [3.63, 3.8) is 0 Å². The third-order valence-corrected chi connectivity index (χ3v) is 3.93. The Morgan fingerprint density at radius 2 is 1.30 bits per heavy atom. The molecule has 1 amide bonds. The first kappa shape index (κ1) is 17.2. The zero-order valence-electron chi connectivity index (χ0n) is 13.5. The second kappa shape index (κ2) is 6.94. The van der Waals surface area contributed by atoms with Crippen LogP contribution >= 0.6 is 0 Å². The molecule has 2 rings (SSSR count). The molecule has 0 aliphatic carbocycles. The van der Waals surface area contributed by atoms with E-state index in [1.165, 1.54) is 0 Å². The van der Waals surface area contributed by atoms with E-state index in [9.17, 15) is 15.0 Å². The van der Waals surface area contributed by atoms with Crippen molar-refractivity contribution in [3.8, 4) is 0 Å². The summed E-state index contributed by atoms with van der Waals surface area (Å²) in [6.07, 6.45) is -0.0676. The standard InChI is InChI=1S/C19H23NO3/c1-18(22,15-9-5-3-6-10-15)13-17(21)20-14-19(2,23)16-11-7-4-8-12-16/h3-12,22-23H,13-14H2,1-2H3,(H,20,21). The minimum Gasteiger partial charge on any atom is -0.385 e. The predicted octanol–water partition coefficient (Wildman–Crippen LogP) is 2.31. The molecule has 0 saturated heterocycles. The van der Waals surface area contributed by atoms with Crippen molar-refractivity contribution in [2.75, 3.05) is 6.54 Å². The molecule has 0 aliphatic heterocycles. The molecule has 0 aromatic heterocycles. The maximum Gasteiger partial charge on any atom is 0.223 e. The maximum absolute atomic E-state index is 12.1. The van der Waals surface area contributed by atoms with Gasteiger partial charge in [0.1, 0.15) is 5.60 Å².